The smallest absolute Gasteiger partial charge is 0.339 e. The molecule has 0 radical (unpaired) electrons. The summed E-state index contributed by atoms with van der Waals surface area (Å²) in [6.45, 7) is 2.81. The lowest BCUT2D eigenvalue weighted by Crippen LogP contribution is -2.53. The Kier molecular flexibility index (Phi) is 4.62. The van der Waals surface area contributed by atoms with Gasteiger partial charge in [-0.2, -0.15) is 18.2 Å². The Morgan fingerprint density at radius 1 is 1.21 bits per heavy atom. The lowest BCUT2D eigenvalue weighted by molar-refractivity contribution is -0.137. The molecule has 1 aromatic heterocycles. The molecule has 1 saturated heterocycles. The van der Waals surface area contributed by atoms with E-state index in [1.807, 2.05) is 0 Å². The molecule has 1 aliphatic heterocycles. The van der Waals surface area contributed by atoms with E-state index in [0.717, 1.165) is 25.0 Å². The van der Waals surface area contributed by atoms with E-state index in [4.69, 9.17) is 10.3 Å². The molecule has 2 aliphatic rings. The number of carbonyl (C=O) groups is 1. The van der Waals surface area contributed by atoms with E-state index in [1.165, 1.54) is 12.1 Å². The second-order valence-corrected chi connectivity index (χ2v) is 7.31. The number of nitrogens with zero attached hydrogens (tertiary/aromatic N) is 4. The maximum Gasteiger partial charge on any atom is 0.416 e. The molecule has 10 heteroatoms. The van der Waals surface area contributed by atoms with Crippen LogP contribution in [0.4, 0.5) is 13.2 Å². The molecular weight excluding hydrogens is 375 g/mol. The van der Waals surface area contributed by atoms with Crippen molar-refractivity contribution in [3.05, 3.63) is 35.7 Å². The highest BCUT2D eigenvalue weighted by atomic mass is 19.4. The lowest BCUT2D eigenvalue weighted by atomic mass is 10.1. The molecule has 2 heterocycles. The first-order valence-corrected chi connectivity index (χ1v) is 9.05. The third-order valence-corrected chi connectivity index (χ3v) is 5.15. The molecule has 7 nitrogen and oxygen atoms in total. The van der Waals surface area contributed by atoms with Crippen LogP contribution in [0.5, 0.6) is 0 Å². The first-order chi connectivity index (χ1) is 13.2. The first-order valence-electron chi connectivity index (χ1n) is 9.05. The van der Waals surface area contributed by atoms with Gasteiger partial charge in [0.25, 0.3) is 0 Å². The molecule has 2 aromatic rings. The fourth-order valence-corrected chi connectivity index (χ4v) is 3.23. The number of carbonyl (C=O) groups excluding carboxylic acids is 1. The summed E-state index contributed by atoms with van der Waals surface area (Å²) in [5.74, 6) is 0.454. The average molecular weight is 395 g/mol. The monoisotopic (exact) mass is 395 g/mol. The molecule has 150 valence electrons. The first kappa shape index (κ1) is 18.9. The largest absolute Gasteiger partial charge is 0.416 e. The van der Waals surface area contributed by atoms with Crippen LogP contribution in [0.1, 0.15) is 24.3 Å². The van der Waals surface area contributed by atoms with E-state index in [1.54, 1.807) is 4.90 Å². The number of piperazine rings is 1. The van der Waals surface area contributed by atoms with Crippen molar-refractivity contribution in [3.63, 3.8) is 0 Å². The molecule has 1 aliphatic carbocycles. The van der Waals surface area contributed by atoms with Gasteiger partial charge in [0, 0.05) is 31.7 Å². The Morgan fingerprint density at radius 2 is 1.93 bits per heavy atom. The molecule has 4 rings (SSSR count). The van der Waals surface area contributed by atoms with Gasteiger partial charge in [-0.15, -0.1) is 0 Å². The number of alkyl halides is 3. The van der Waals surface area contributed by atoms with Crippen LogP contribution < -0.4 is 5.73 Å². The number of nitrogens with two attached hydrogens (primary N) is 1. The number of amides is 1. The quantitative estimate of drug-likeness (QED) is 0.851. The van der Waals surface area contributed by atoms with Gasteiger partial charge in [0.2, 0.25) is 17.6 Å². The highest BCUT2D eigenvalue weighted by Crippen LogP contribution is 2.34. The summed E-state index contributed by atoms with van der Waals surface area (Å²) < 4.78 is 43.8. The number of benzene rings is 1. The molecule has 1 amide bonds. The lowest BCUT2D eigenvalue weighted by Gasteiger charge is -2.35. The molecule has 0 spiro atoms. The van der Waals surface area contributed by atoms with Crippen LogP contribution >= 0.6 is 0 Å². The van der Waals surface area contributed by atoms with Gasteiger partial charge < -0.3 is 15.2 Å². The Balaban J connectivity index is 1.36. The van der Waals surface area contributed by atoms with Crippen LogP contribution in [0.2, 0.25) is 0 Å². The highest BCUT2D eigenvalue weighted by molar-refractivity contribution is 5.89. The van der Waals surface area contributed by atoms with E-state index in [2.05, 4.69) is 15.0 Å². The number of halogens is 3. The average Bonchev–Trinajstić information content (AvgIpc) is 3.25. The van der Waals surface area contributed by atoms with Crippen LogP contribution in [-0.4, -0.2) is 57.6 Å². The minimum Gasteiger partial charge on any atom is -0.339 e. The van der Waals surface area contributed by atoms with Crippen LogP contribution in [-0.2, 0) is 17.5 Å². The Labute approximate surface area is 159 Å². The van der Waals surface area contributed by atoms with E-state index < -0.39 is 17.3 Å². The molecule has 28 heavy (non-hydrogen) atoms. The zero-order valence-electron chi connectivity index (χ0n) is 15.1. The van der Waals surface area contributed by atoms with Gasteiger partial charge in [0.05, 0.1) is 17.6 Å². The van der Waals surface area contributed by atoms with Crippen LogP contribution in [0.3, 0.4) is 0 Å². The van der Waals surface area contributed by atoms with Gasteiger partial charge in [-0.3, -0.25) is 9.69 Å². The second kappa shape index (κ2) is 6.85. The summed E-state index contributed by atoms with van der Waals surface area (Å²) in [5, 5.41) is 3.80. The molecule has 1 aromatic carbocycles. The predicted molar refractivity (Wildman–Crippen MR) is 92.7 cm³/mol. The van der Waals surface area contributed by atoms with Gasteiger partial charge >= 0.3 is 6.18 Å². The van der Waals surface area contributed by atoms with E-state index >= 15 is 0 Å². The Bertz CT molecular complexity index is 870. The Morgan fingerprint density at radius 3 is 2.57 bits per heavy atom. The molecule has 0 unspecified atom stereocenters. The van der Waals surface area contributed by atoms with E-state index in [0.29, 0.717) is 38.6 Å². The van der Waals surface area contributed by atoms with Gasteiger partial charge in [0.1, 0.15) is 0 Å². The summed E-state index contributed by atoms with van der Waals surface area (Å²) >= 11 is 0. The summed E-state index contributed by atoms with van der Waals surface area (Å²) in [4.78, 5) is 20.3. The van der Waals surface area contributed by atoms with Crippen LogP contribution in [0.15, 0.2) is 28.8 Å². The molecule has 2 fully saturated rings. The van der Waals surface area contributed by atoms with Crippen molar-refractivity contribution < 1.29 is 22.5 Å². The van der Waals surface area contributed by atoms with Crippen molar-refractivity contribution >= 4 is 5.91 Å². The fourth-order valence-electron chi connectivity index (χ4n) is 3.23. The van der Waals surface area contributed by atoms with Crippen LogP contribution in [0, 0.1) is 0 Å². The Hall–Kier alpha value is -2.46. The fraction of sp³-hybridized carbons (Fsp3) is 0.500. The zero-order chi connectivity index (χ0) is 19.9. The van der Waals surface area contributed by atoms with Crippen LogP contribution in [0.25, 0.3) is 11.4 Å². The van der Waals surface area contributed by atoms with Gasteiger partial charge in [-0.25, -0.2) is 0 Å². The zero-order valence-corrected chi connectivity index (χ0v) is 15.1. The third kappa shape index (κ3) is 3.88. The topological polar surface area (TPSA) is 88.5 Å². The molecular formula is C18H20F3N5O2. The maximum atomic E-state index is 12.9. The molecule has 1 saturated carbocycles. The SMILES string of the molecule is NC1(C(=O)N2CCN(Cc3nc(-c4cccc(C(F)(F)F)c4)no3)CC2)CC1. The molecule has 0 bridgehead atoms. The predicted octanol–water partition coefficient (Wildman–Crippen LogP) is 1.89. The maximum absolute atomic E-state index is 12.9. The van der Waals surface area contributed by atoms with Gasteiger partial charge in [-0.05, 0) is 25.0 Å². The molecule has 0 atom stereocenters. The summed E-state index contributed by atoms with van der Waals surface area (Å²) in [5.41, 5.74) is 4.80. The van der Waals surface area contributed by atoms with Crippen molar-refractivity contribution in [3.8, 4) is 11.4 Å². The number of hydrogen-bond acceptors (Lipinski definition) is 6. The highest BCUT2D eigenvalue weighted by Gasteiger charge is 2.48. The standard InChI is InChI=1S/C18H20F3N5O2/c19-18(20,21)13-3-1-2-12(10-13)15-23-14(28-24-15)11-25-6-8-26(9-7-25)16(27)17(22)4-5-17/h1-3,10H,4-9,11,22H2. The van der Waals surface area contributed by atoms with Crippen molar-refractivity contribution in [1.82, 2.24) is 19.9 Å². The van der Waals surface area contributed by atoms with Gasteiger partial charge in [-0.1, -0.05) is 17.3 Å². The second-order valence-electron chi connectivity index (χ2n) is 7.31. The van der Waals surface area contributed by atoms with Crippen molar-refractivity contribution in [1.29, 1.82) is 0 Å². The summed E-state index contributed by atoms with van der Waals surface area (Å²) in [6, 6.07) is 4.82. The third-order valence-electron chi connectivity index (χ3n) is 5.15. The molecule has 2 N–H and O–H groups in total. The number of rotatable bonds is 4. The summed E-state index contributed by atoms with van der Waals surface area (Å²) in [7, 11) is 0. The van der Waals surface area contributed by atoms with E-state index in [-0.39, 0.29) is 17.3 Å². The van der Waals surface area contributed by atoms with Crippen molar-refractivity contribution in [2.75, 3.05) is 26.2 Å². The van der Waals surface area contributed by atoms with Crippen molar-refractivity contribution in [2.24, 2.45) is 5.73 Å². The normalized spacial score (nSPS) is 19.6. The van der Waals surface area contributed by atoms with E-state index in [9.17, 15) is 18.0 Å². The van der Waals surface area contributed by atoms with Crippen molar-refractivity contribution in [2.45, 2.75) is 31.1 Å². The minimum atomic E-state index is -4.43. The minimum absolute atomic E-state index is 0.0109. The number of hydrogen-bond donors (Lipinski definition) is 1. The number of aromatic nitrogens is 2. The van der Waals surface area contributed by atoms with Gasteiger partial charge in [0.15, 0.2) is 0 Å². The summed E-state index contributed by atoms with van der Waals surface area (Å²) in [6.07, 6.45) is -2.94.